The Kier molecular flexibility index (Phi) is 3.51. The fraction of sp³-hybridized carbons (Fsp3) is 0.267. The molecule has 0 saturated carbocycles. The summed E-state index contributed by atoms with van der Waals surface area (Å²) in [6, 6.07) is 11.8. The quantitative estimate of drug-likeness (QED) is 0.778. The molecule has 0 aliphatic rings. The third kappa shape index (κ3) is 2.30. The molecule has 1 atom stereocenters. The summed E-state index contributed by atoms with van der Waals surface area (Å²) in [5.41, 5.74) is 0.958. The van der Waals surface area contributed by atoms with Gasteiger partial charge in [0.25, 0.3) is 0 Å². The van der Waals surface area contributed by atoms with Gasteiger partial charge in [-0.25, -0.2) is 0 Å². The molecule has 2 aromatic carbocycles. The molecule has 0 radical (unpaired) electrons. The van der Waals surface area contributed by atoms with Crippen molar-refractivity contribution in [1.29, 1.82) is 0 Å². The lowest BCUT2D eigenvalue weighted by Crippen LogP contribution is -2.10. The molecule has 0 aliphatic heterocycles. The zero-order chi connectivity index (χ0) is 13.1. The van der Waals surface area contributed by atoms with Crippen LogP contribution >= 0.6 is 0 Å². The number of hydrogen-bond acceptors (Lipinski definition) is 3. The van der Waals surface area contributed by atoms with E-state index in [0.29, 0.717) is 0 Å². The summed E-state index contributed by atoms with van der Waals surface area (Å²) >= 11 is 0. The van der Waals surface area contributed by atoms with Gasteiger partial charge < -0.3 is 9.47 Å². The maximum Gasteiger partial charge on any atom is 0.312 e. The van der Waals surface area contributed by atoms with Crippen molar-refractivity contribution in [2.75, 3.05) is 14.2 Å². The molecule has 0 aliphatic carbocycles. The van der Waals surface area contributed by atoms with Gasteiger partial charge in [-0.15, -0.1) is 0 Å². The van der Waals surface area contributed by atoms with Gasteiger partial charge in [-0.1, -0.05) is 24.3 Å². The largest absolute Gasteiger partial charge is 0.497 e. The molecular weight excluding hydrogens is 228 g/mol. The topological polar surface area (TPSA) is 35.5 Å². The molecule has 18 heavy (non-hydrogen) atoms. The second-order valence-corrected chi connectivity index (χ2v) is 4.22. The first kappa shape index (κ1) is 12.4. The van der Waals surface area contributed by atoms with E-state index in [9.17, 15) is 4.79 Å². The second kappa shape index (κ2) is 5.08. The number of esters is 1. The van der Waals surface area contributed by atoms with E-state index in [4.69, 9.17) is 9.47 Å². The van der Waals surface area contributed by atoms with Crippen molar-refractivity contribution in [3.8, 4) is 5.75 Å². The number of methoxy groups -OCH3 is 2. The molecule has 0 saturated heterocycles. The molecule has 3 nitrogen and oxygen atoms in total. The Balaban J connectivity index is 2.42. The summed E-state index contributed by atoms with van der Waals surface area (Å²) in [7, 11) is 3.06. The number of benzene rings is 2. The Morgan fingerprint density at radius 3 is 2.39 bits per heavy atom. The molecule has 94 valence electrons. The minimum absolute atomic E-state index is 0.220. The van der Waals surface area contributed by atoms with Gasteiger partial charge in [0, 0.05) is 0 Å². The molecular formula is C15H16O3. The molecule has 0 bridgehead atoms. The standard InChI is InChI=1S/C15H16O3/c1-10(15(16)18-3)11-4-5-13-9-14(17-2)7-6-12(13)8-11/h4-10H,1-3H3. The molecule has 2 rings (SSSR count). The van der Waals surface area contributed by atoms with E-state index in [-0.39, 0.29) is 11.9 Å². The Morgan fingerprint density at radius 2 is 1.72 bits per heavy atom. The Hall–Kier alpha value is -2.03. The van der Waals surface area contributed by atoms with Crippen LogP contribution in [0.25, 0.3) is 10.8 Å². The summed E-state index contributed by atoms with van der Waals surface area (Å²) < 4.78 is 9.94. The molecule has 2 aromatic rings. The van der Waals surface area contributed by atoms with Crippen LogP contribution in [0.15, 0.2) is 36.4 Å². The smallest absolute Gasteiger partial charge is 0.312 e. The van der Waals surface area contributed by atoms with Gasteiger partial charge in [-0.3, -0.25) is 4.79 Å². The van der Waals surface area contributed by atoms with Gasteiger partial charge in [0.15, 0.2) is 0 Å². The third-order valence-corrected chi connectivity index (χ3v) is 3.13. The summed E-state index contributed by atoms with van der Waals surface area (Å²) in [4.78, 5) is 11.5. The van der Waals surface area contributed by atoms with Crippen LogP contribution in [-0.4, -0.2) is 20.2 Å². The highest BCUT2D eigenvalue weighted by molar-refractivity contribution is 5.86. The summed E-state index contributed by atoms with van der Waals surface area (Å²) in [5.74, 6) is 0.362. The molecule has 3 heteroatoms. The fourth-order valence-corrected chi connectivity index (χ4v) is 1.95. The first-order chi connectivity index (χ1) is 8.65. The van der Waals surface area contributed by atoms with E-state index < -0.39 is 0 Å². The van der Waals surface area contributed by atoms with Crippen LogP contribution in [-0.2, 0) is 9.53 Å². The van der Waals surface area contributed by atoms with Gasteiger partial charge in [0.1, 0.15) is 5.75 Å². The van der Waals surface area contributed by atoms with Crippen molar-refractivity contribution < 1.29 is 14.3 Å². The molecule has 0 spiro atoms. The first-order valence-corrected chi connectivity index (χ1v) is 5.81. The average Bonchev–Trinajstić information content (AvgIpc) is 2.44. The first-order valence-electron chi connectivity index (χ1n) is 5.81. The van der Waals surface area contributed by atoms with E-state index in [1.54, 1.807) is 7.11 Å². The zero-order valence-corrected chi connectivity index (χ0v) is 10.8. The molecule has 0 N–H and O–H groups in total. The monoisotopic (exact) mass is 244 g/mol. The molecule has 0 amide bonds. The van der Waals surface area contributed by atoms with Gasteiger partial charge >= 0.3 is 5.97 Å². The molecule has 0 heterocycles. The number of rotatable bonds is 3. The van der Waals surface area contributed by atoms with E-state index >= 15 is 0 Å². The third-order valence-electron chi connectivity index (χ3n) is 3.13. The van der Waals surface area contributed by atoms with Crippen LogP contribution in [0.3, 0.4) is 0 Å². The average molecular weight is 244 g/mol. The Labute approximate surface area is 106 Å². The SMILES string of the molecule is COC(=O)C(C)c1ccc2cc(OC)ccc2c1. The van der Waals surface area contributed by atoms with Crippen LogP contribution in [0.5, 0.6) is 5.75 Å². The lowest BCUT2D eigenvalue weighted by molar-refractivity contribution is -0.141. The molecule has 0 aromatic heterocycles. The van der Waals surface area contributed by atoms with Crippen molar-refractivity contribution in [2.45, 2.75) is 12.8 Å². The lowest BCUT2D eigenvalue weighted by atomic mass is 9.98. The van der Waals surface area contributed by atoms with Crippen molar-refractivity contribution in [1.82, 2.24) is 0 Å². The molecule has 1 unspecified atom stereocenters. The highest BCUT2D eigenvalue weighted by Gasteiger charge is 2.15. The summed E-state index contributed by atoms with van der Waals surface area (Å²) in [6.07, 6.45) is 0. The van der Waals surface area contributed by atoms with E-state index in [2.05, 4.69) is 0 Å². The summed E-state index contributed by atoms with van der Waals surface area (Å²) in [6.45, 7) is 1.84. The van der Waals surface area contributed by atoms with Gasteiger partial charge in [-0.05, 0) is 35.4 Å². The highest BCUT2D eigenvalue weighted by atomic mass is 16.5. The van der Waals surface area contributed by atoms with Crippen molar-refractivity contribution in [3.63, 3.8) is 0 Å². The van der Waals surface area contributed by atoms with Crippen LogP contribution in [0.2, 0.25) is 0 Å². The van der Waals surface area contributed by atoms with E-state index in [0.717, 1.165) is 22.1 Å². The van der Waals surface area contributed by atoms with Crippen LogP contribution < -0.4 is 4.74 Å². The normalized spacial score (nSPS) is 12.2. The van der Waals surface area contributed by atoms with Crippen molar-refractivity contribution in [2.24, 2.45) is 0 Å². The van der Waals surface area contributed by atoms with Gasteiger partial charge in [0.2, 0.25) is 0 Å². The number of carbonyl (C=O) groups excluding carboxylic acids is 1. The Morgan fingerprint density at radius 1 is 1.06 bits per heavy atom. The predicted molar refractivity (Wildman–Crippen MR) is 70.9 cm³/mol. The minimum atomic E-state index is -0.249. The van der Waals surface area contributed by atoms with Crippen LogP contribution in [0.4, 0.5) is 0 Å². The van der Waals surface area contributed by atoms with Gasteiger partial charge in [0.05, 0.1) is 20.1 Å². The molecule has 0 fully saturated rings. The van der Waals surface area contributed by atoms with E-state index in [1.165, 1.54) is 7.11 Å². The number of hydrogen-bond donors (Lipinski definition) is 0. The highest BCUT2D eigenvalue weighted by Crippen LogP contribution is 2.25. The summed E-state index contributed by atoms with van der Waals surface area (Å²) in [5, 5.41) is 2.18. The second-order valence-electron chi connectivity index (χ2n) is 4.22. The maximum absolute atomic E-state index is 11.5. The lowest BCUT2D eigenvalue weighted by Gasteiger charge is -2.10. The van der Waals surface area contributed by atoms with Crippen molar-refractivity contribution in [3.05, 3.63) is 42.0 Å². The number of ether oxygens (including phenoxy) is 2. The minimum Gasteiger partial charge on any atom is -0.497 e. The zero-order valence-electron chi connectivity index (χ0n) is 10.8. The predicted octanol–water partition coefficient (Wildman–Crippen LogP) is 3.12. The fourth-order valence-electron chi connectivity index (χ4n) is 1.95. The van der Waals surface area contributed by atoms with Crippen LogP contribution in [0, 0.1) is 0 Å². The van der Waals surface area contributed by atoms with Crippen LogP contribution in [0.1, 0.15) is 18.4 Å². The number of fused-ring (bicyclic) bond motifs is 1. The van der Waals surface area contributed by atoms with Gasteiger partial charge in [-0.2, -0.15) is 0 Å². The van der Waals surface area contributed by atoms with Crippen molar-refractivity contribution >= 4 is 16.7 Å². The number of carbonyl (C=O) groups is 1. The maximum atomic E-state index is 11.5. The Bertz CT molecular complexity index is 575. The van der Waals surface area contributed by atoms with E-state index in [1.807, 2.05) is 43.3 Å².